The minimum Gasteiger partial charge on any atom is -0.477 e. The Bertz CT molecular complexity index is 803. The lowest BCUT2D eigenvalue weighted by Crippen LogP contribution is -2.09. The zero-order chi connectivity index (χ0) is 14.1. The fourth-order valence-corrected chi connectivity index (χ4v) is 3.53. The van der Waals surface area contributed by atoms with E-state index < -0.39 is 5.97 Å². The summed E-state index contributed by atoms with van der Waals surface area (Å²) < 4.78 is 1.05. The van der Waals surface area contributed by atoms with Gasteiger partial charge in [-0.1, -0.05) is 18.2 Å². The molecule has 0 spiro atoms. The predicted molar refractivity (Wildman–Crippen MR) is 81.1 cm³/mol. The number of nitrogens with one attached hydrogen (secondary N) is 1. The molecule has 2 aromatic heterocycles. The van der Waals surface area contributed by atoms with Crippen LogP contribution in [0, 0.1) is 0 Å². The molecule has 0 unspecified atom stereocenters. The Labute approximate surface area is 122 Å². The molecule has 0 fully saturated rings. The third-order valence-electron chi connectivity index (χ3n) is 2.78. The van der Waals surface area contributed by atoms with Gasteiger partial charge < -0.3 is 10.4 Å². The quantitative estimate of drug-likeness (QED) is 0.771. The number of benzene rings is 1. The highest BCUT2D eigenvalue weighted by Crippen LogP contribution is 2.28. The number of fused-ring (bicyclic) bond motifs is 1. The van der Waals surface area contributed by atoms with E-state index in [-0.39, 0.29) is 10.8 Å². The Balaban J connectivity index is 1.87. The van der Waals surface area contributed by atoms with Crippen LogP contribution in [0.25, 0.3) is 10.1 Å². The monoisotopic (exact) mass is 303 g/mol. The van der Waals surface area contributed by atoms with Crippen molar-refractivity contribution in [1.82, 2.24) is 0 Å². The van der Waals surface area contributed by atoms with Gasteiger partial charge in [0.15, 0.2) is 0 Å². The van der Waals surface area contributed by atoms with Crippen molar-refractivity contribution < 1.29 is 14.7 Å². The lowest BCUT2D eigenvalue weighted by atomic mass is 10.2. The Hall–Kier alpha value is -2.18. The van der Waals surface area contributed by atoms with E-state index in [1.807, 2.05) is 29.6 Å². The number of thiophene rings is 2. The fraction of sp³-hybridized carbons (Fsp3) is 0. The van der Waals surface area contributed by atoms with E-state index in [9.17, 15) is 9.59 Å². The van der Waals surface area contributed by atoms with E-state index >= 15 is 0 Å². The number of aromatic carboxylic acids is 1. The lowest BCUT2D eigenvalue weighted by Gasteiger charge is -2.00. The van der Waals surface area contributed by atoms with Gasteiger partial charge in [-0.15, -0.1) is 22.7 Å². The summed E-state index contributed by atoms with van der Waals surface area (Å²) in [6, 6.07) is 10.8. The Morgan fingerprint density at radius 1 is 1.10 bits per heavy atom. The molecule has 20 heavy (non-hydrogen) atoms. The van der Waals surface area contributed by atoms with Crippen molar-refractivity contribution in [2.75, 3.05) is 5.32 Å². The molecule has 0 saturated carbocycles. The van der Waals surface area contributed by atoms with Crippen molar-refractivity contribution in [3.63, 3.8) is 0 Å². The molecule has 2 N–H and O–H groups in total. The van der Waals surface area contributed by atoms with E-state index in [0.717, 1.165) is 21.4 Å². The molecule has 0 bridgehead atoms. The number of amides is 1. The summed E-state index contributed by atoms with van der Waals surface area (Å²) in [5, 5.41) is 14.8. The van der Waals surface area contributed by atoms with E-state index in [1.54, 1.807) is 6.07 Å². The van der Waals surface area contributed by atoms with Crippen LogP contribution in [-0.2, 0) is 0 Å². The molecule has 0 saturated heterocycles. The van der Waals surface area contributed by atoms with Crippen molar-refractivity contribution >= 4 is 49.6 Å². The first-order valence-corrected chi connectivity index (χ1v) is 7.45. The van der Waals surface area contributed by atoms with Gasteiger partial charge >= 0.3 is 5.97 Å². The highest BCUT2D eigenvalue weighted by Gasteiger charge is 2.14. The third kappa shape index (κ3) is 2.31. The average molecular weight is 303 g/mol. The van der Waals surface area contributed by atoms with E-state index in [4.69, 9.17) is 5.11 Å². The largest absolute Gasteiger partial charge is 0.477 e. The second-order valence-corrected chi connectivity index (χ2v) is 6.06. The normalized spacial score (nSPS) is 10.6. The van der Waals surface area contributed by atoms with Gasteiger partial charge in [0.05, 0.1) is 10.6 Å². The number of carboxylic acid groups (broad SMARTS) is 1. The fourth-order valence-electron chi connectivity index (χ4n) is 1.85. The van der Waals surface area contributed by atoms with Crippen molar-refractivity contribution in [2.45, 2.75) is 0 Å². The molecule has 2 heterocycles. The summed E-state index contributed by atoms with van der Waals surface area (Å²) in [6.45, 7) is 0. The maximum atomic E-state index is 12.2. The van der Waals surface area contributed by atoms with Gasteiger partial charge in [0.25, 0.3) is 5.91 Å². The zero-order valence-corrected chi connectivity index (χ0v) is 11.8. The van der Waals surface area contributed by atoms with Gasteiger partial charge in [-0.25, -0.2) is 4.79 Å². The van der Waals surface area contributed by atoms with Gasteiger partial charge in [-0.05, 0) is 18.2 Å². The minimum atomic E-state index is -0.989. The van der Waals surface area contributed by atoms with Gasteiger partial charge in [0.1, 0.15) is 4.88 Å². The number of hydrogen-bond donors (Lipinski definition) is 2. The first kappa shape index (κ1) is 12.8. The molecule has 100 valence electrons. The van der Waals surface area contributed by atoms with Crippen LogP contribution < -0.4 is 5.32 Å². The van der Waals surface area contributed by atoms with Gasteiger partial charge in [-0.3, -0.25) is 4.79 Å². The van der Waals surface area contributed by atoms with Crippen molar-refractivity contribution in [2.24, 2.45) is 0 Å². The van der Waals surface area contributed by atoms with Crippen LogP contribution in [-0.4, -0.2) is 17.0 Å². The van der Waals surface area contributed by atoms with Crippen molar-refractivity contribution in [3.05, 3.63) is 52.2 Å². The average Bonchev–Trinajstić information content (AvgIpc) is 3.04. The molecule has 0 aliphatic rings. The SMILES string of the molecule is O=C(O)c1ccc(NC(=O)c2csc3ccccc23)s1. The lowest BCUT2D eigenvalue weighted by molar-refractivity contribution is 0.0702. The molecule has 1 aromatic carbocycles. The number of carbonyl (C=O) groups is 2. The molecule has 0 aliphatic heterocycles. The summed E-state index contributed by atoms with van der Waals surface area (Å²) >= 11 is 2.56. The maximum Gasteiger partial charge on any atom is 0.345 e. The second kappa shape index (κ2) is 5.07. The second-order valence-electron chi connectivity index (χ2n) is 4.07. The maximum absolute atomic E-state index is 12.2. The highest BCUT2D eigenvalue weighted by atomic mass is 32.1. The topological polar surface area (TPSA) is 66.4 Å². The smallest absolute Gasteiger partial charge is 0.345 e. The standard InChI is InChI=1S/C14H9NO3S2/c16-13(15-12-6-5-11(20-12)14(17)18)9-7-19-10-4-2-1-3-8(9)10/h1-7H,(H,15,16)(H,17,18). The Kier molecular flexibility index (Phi) is 3.25. The first-order chi connectivity index (χ1) is 9.65. The summed E-state index contributed by atoms with van der Waals surface area (Å²) in [7, 11) is 0. The van der Waals surface area contributed by atoms with Crippen LogP contribution in [0.4, 0.5) is 5.00 Å². The predicted octanol–water partition coefficient (Wildman–Crippen LogP) is 3.91. The summed E-state index contributed by atoms with van der Waals surface area (Å²) in [4.78, 5) is 23.2. The molecular formula is C14H9NO3S2. The molecule has 0 aliphatic carbocycles. The minimum absolute atomic E-state index is 0.204. The molecule has 4 nitrogen and oxygen atoms in total. The molecule has 0 radical (unpaired) electrons. The van der Waals surface area contributed by atoms with Gasteiger partial charge in [0, 0.05) is 15.5 Å². The third-order valence-corrected chi connectivity index (χ3v) is 4.73. The van der Waals surface area contributed by atoms with Crippen molar-refractivity contribution in [1.29, 1.82) is 0 Å². The Morgan fingerprint density at radius 2 is 1.90 bits per heavy atom. The molecular weight excluding hydrogens is 294 g/mol. The zero-order valence-electron chi connectivity index (χ0n) is 10.1. The van der Waals surface area contributed by atoms with Crippen LogP contribution in [0.3, 0.4) is 0 Å². The van der Waals surface area contributed by atoms with E-state index in [2.05, 4.69) is 5.32 Å². The number of carboxylic acids is 1. The number of carbonyl (C=O) groups excluding carboxylic acids is 1. The number of rotatable bonds is 3. The summed E-state index contributed by atoms with van der Waals surface area (Å²) in [5.74, 6) is -1.21. The molecule has 1 amide bonds. The van der Waals surface area contributed by atoms with Gasteiger partial charge in [0.2, 0.25) is 0 Å². The summed E-state index contributed by atoms with van der Waals surface area (Å²) in [5.41, 5.74) is 0.607. The number of hydrogen-bond acceptors (Lipinski definition) is 4. The molecule has 3 aromatic rings. The van der Waals surface area contributed by atoms with Crippen molar-refractivity contribution in [3.8, 4) is 0 Å². The molecule has 3 rings (SSSR count). The van der Waals surface area contributed by atoms with Crippen LogP contribution in [0.1, 0.15) is 20.0 Å². The van der Waals surface area contributed by atoms with Gasteiger partial charge in [-0.2, -0.15) is 0 Å². The highest BCUT2D eigenvalue weighted by molar-refractivity contribution is 7.18. The van der Waals surface area contributed by atoms with Crippen LogP contribution in [0.15, 0.2) is 41.8 Å². The first-order valence-electron chi connectivity index (χ1n) is 5.76. The van der Waals surface area contributed by atoms with Crippen LogP contribution in [0.5, 0.6) is 0 Å². The Morgan fingerprint density at radius 3 is 2.65 bits per heavy atom. The van der Waals surface area contributed by atoms with E-state index in [1.165, 1.54) is 17.4 Å². The molecule has 6 heteroatoms. The van der Waals surface area contributed by atoms with E-state index in [0.29, 0.717) is 10.6 Å². The van der Waals surface area contributed by atoms with Crippen LogP contribution >= 0.6 is 22.7 Å². The molecule has 0 atom stereocenters. The number of anilines is 1. The summed E-state index contributed by atoms with van der Waals surface area (Å²) in [6.07, 6.45) is 0. The van der Waals surface area contributed by atoms with Crippen LogP contribution in [0.2, 0.25) is 0 Å².